The van der Waals surface area contributed by atoms with Crippen LogP contribution in [0.2, 0.25) is 0 Å². The number of para-hydroxylation sites is 3. The van der Waals surface area contributed by atoms with E-state index in [-0.39, 0.29) is 5.56 Å². The largest absolute Gasteiger partial charge is 0.493 e. The molecule has 0 bridgehead atoms. The fourth-order valence-corrected chi connectivity index (χ4v) is 5.33. The Morgan fingerprint density at radius 2 is 1.83 bits per heavy atom. The third-order valence-corrected chi connectivity index (χ3v) is 7.07. The highest BCUT2D eigenvalue weighted by Crippen LogP contribution is 2.29. The van der Waals surface area contributed by atoms with Crippen molar-refractivity contribution in [2.24, 2.45) is 0 Å². The molecule has 6 rings (SSSR count). The van der Waals surface area contributed by atoms with Crippen LogP contribution < -0.4 is 14.8 Å². The molecule has 0 fully saturated rings. The molecule has 0 N–H and O–H groups in total. The van der Waals surface area contributed by atoms with Crippen molar-refractivity contribution in [1.82, 2.24) is 19.2 Å². The quantitative estimate of drug-likeness (QED) is 0.312. The maximum absolute atomic E-state index is 13.4. The first-order chi connectivity index (χ1) is 17.6. The van der Waals surface area contributed by atoms with Crippen molar-refractivity contribution in [2.75, 3.05) is 6.61 Å². The topological polar surface area (TPSA) is 61.4 Å². The molecule has 0 amide bonds. The molecule has 6 nitrogen and oxygen atoms in total. The third kappa shape index (κ3) is 3.87. The lowest BCUT2D eigenvalue weighted by molar-refractivity contribution is 0.315. The molecule has 0 aliphatic heterocycles. The fraction of sp³-hybridized carbons (Fsp3) is 0.138. The van der Waals surface area contributed by atoms with E-state index in [1.54, 1.807) is 4.40 Å². The van der Waals surface area contributed by atoms with Crippen LogP contribution in [-0.4, -0.2) is 25.8 Å². The lowest BCUT2D eigenvalue weighted by atomic mass is 10.0. The van der Waals surface area contributed by atoms with Gasteiger partial charge >= 0.3 is 0 Å². The molecule has 3 heterocycles. The summed E-state index contributed by atoms with van der Waals surface area (Å²) in [6.07, 6.45) is 4.86. The van der Waals surface area contributed by atoms with E-state index >= 15 is 0 Å². The Bertz CT molecular complexity index is 1820. The summed E-state index contributed by atoms with van der Waals surface area (Å²) in [7, 11) is 0. The van der Waals surface area contributed by atoms with E-state index < -0.39 is 0 Å². The highest BCUT2D eigenvalue weighted by atomic mass is 32.1. The van der Waals surface area contributed by atoms with Gasteiger partial charge in [0.25, 0.3) is 5.56 Å². The Balaban J connectivity index is 1.52. The summed E-state index contributed by atoms with van der Waals surface area (Å²) in [6, 6.07) is 23.8. The standard InChI is InChI=1S/C29H24N4O2S/c1-3-15-35-25-14-13-20(16-19(25)2)27-21(18-32(31-27)22-9-5-4-6-10-22)17-26-28(34)33-24-12-8-7-11-23(24)30-29(33)36-26/h4-14,16-18H,3,15H2,1-2H3/b26-17+. The smallest absolute Gasteiger partial charge is 0.274 e. The molecule has 0 aliphatic rings. The van der Waals surface area contributed by atoms with E-state index in [1.807, 2.05) is 90.6 Å². The molecular weight excluding hydrogens is 468 g/mol. The van der Waals surface area contributed by atoms with E-state index in [0.29, 0.717) is 16.1 Å². The first-order valence-corrected chi connectivity index (χ1v) is 12.7. The fourth-order valence-electron chi connectivity index (χ4n) is 4.35. The molecule has 36 heavy (non-hydrogen) atoms. The minimum absolute atomic E-state index is 0.0680. The number of aromatic nitrogens is 4. The third-order valence-electron chi connectivity index (χ3n) is 6.11. The maximum atomic E-state index is 13.4. The first kappa shape index (κ1) is 22.2. The Labute approximate surface area is 211 Å². The molecule has 3 aromatic carbocycles. The molecule has 178 valence electrons. The minimum Gasteiger partial charge on any atom is -0.493 e. The molecule has 0 spiro atoms. The van der Waals surface area contributed by atoms with Crippen LogP contribution in [-0.2, 0) is 0 Å². The Kier molecular flexibility index (Phi) is 5.62. The molecule has 0 atom stereocenters. The highest BCUT2D eigenvalue weighted by Gasteiger charge is 2.15. The zero-order valence-electron chi connectivity index (χ0n) is 20.0. The second-order valence-electron chi connectivity index (χ2n) is 8.68. The van der Waals surface area contributed by atoms with Gasteiger partial charge in [-0.2, -0.15) is 5.10 Å². The molecule has 0 unspecified atom stereocenters. The van der Waals surface area contributed by atoms with Crippen molar-refractivity contribution >= 4 is 33.4 Å². The van der Waals surface area contributed by atoms with E-state index in [2.05, 4.69) is 18.0 Å². The monoisotopic (exact) mass is 492 g/mol. The predicted molar refractivity (Wildman–Crippen MR) is 145 cm³/mol. The lowest BCUT2D eigenvalue weighted by Gasteiger charge is -2.09. The molecule has 0 radical (unpaired) electrons. The number of fused-ring (bicyclic) bond motifs is 3. The molecule has 0 aliphatic carbocycles. The van der Waals surface area contributed by atoms with Crippen molar-refractivity contribution in [1.29, 1.82) is 0 Å². The Hall–Kier alpha value is -4.23. The Morgan fingerprint density at radius 3 is 2.64 bits per heavy atom. The van der Waals surface area contributed by atoms with Crippen LogP contribution in [0.25, 0.3) is 39.0 Å². The van der Waals surface area contributed by atoms with E-state index in [4.69, 9.17) is 9.84 Å². The molecule has 3 aromatic heterocycles. The number of hydrogen-bond acceptors (Lipinski definition) is 5. The van der Waals surface area contributed by atoms with Crippen LogP contribution in [0.15, 0.2) is 83.8 Å². The zero-order valence-corrected chi connectivity index (χ0v) is 20.8. The van der Waals surface area contributed by atoms with Crippen molar-refractivity contribution in [3.8, 4) is 22.7 Å². The summed E-state index contributed by atoms with van der Waals surface area (Å²) in [6.45, 7) is 4.82. The number of benzene rings is 3. The van der Waals surface area contributed by atoms with Gasteiger partial charge in [0.2, 0.25) is 0 Å². The van der Waals surface area contributed by atoms with E-state index in [1.165, 1.54) is 11.3 Å². The predicted octanol–water partition coefficient (Wildman–Crippen LogP) is 5.41. The number of rotatable bonds is 6. The van der Waals surface area contributed by atoms with Crippen molar-refractivity contribution in [3.63, 3.8) is 0 Å². The van der Waals surface area contributed by atoms with Gasteiger partial charge < -0.3 is 4.74 Å². The first-order valence-electron chi connectivity index (χ1n) is 11.9. The number of imidazole rings is 1. The van der Waals surface area contributed by atoms with Gasteiger partial charge in [0.05, 0.1) is 27.9 Å². The average molecular weight is 493 g/mol. The average Bonchev–Trinajstić information content (AvgIpc) is 3.57. The van der Waals surface area contributed by atoms with Gasteiger partial charge in [-0.15, -0.1) is 0 Å². The van der Waals surface area contributed by atoms with Gasteiger partial charge in [-0.25, -0.2) is 14.1 Å². The molecule has 7 heteroatoms. The second kappa shape index (κ2) is 9.09. The van der Waals surface area contributed by atoms with Crippen molar-refractivity contribution < 1.29 is 4.74 Å². The maximum Gasteiger partial charge on any atom is 0.274 e. The molecule has 6 aromatic rings. The van der Waals surface area contributed by atoms with Crippen LogP contribution >= 0.6 is 11.3 Å². The van der Waals surface area contributed by atoms with Crippen LogP contribution in [0.4, 0.5) is 0 Å². The highest BCUT2D eigenvalue weighted by molar-refractivity contribution is 7.15. The number of aryl methyl sites for hydroxylation is 1. The van der Waals surface area contributed by atoms with Crippen molar-refractivity contribution in [2.45, 2.75) is 20.3 Å². The normalized spacial score (nSPS) is 12.1. The molecule has 0 saturated carbocycles. The van der Waals surface area contributed by atoms with Crippen molar-refractivity contribution in [3.05, 3.63) is 105 Å². The number of thiazole rings is 1. The second-order valence-corrected chi connectivity index (χ2v) is 9.69. The zero-order chi connectivity index (χ0) is 24.6. The van der Waals surface area contributed by atoms with Gasteiger partial charge in [-0.05, 0) is 67.4 Å². The van der Waals surface area contributed by atoms with Crippen LogP contribution in [0.5, 0.6) is 5.75 Å². The lowest BCUT2D eigenvalue weighted by Crippen LogP contribution is -2.22. The van der Waals surface area contributed by atoms with Gasteiger partial charge in [0.1, 0.15) is 11.4 Å². The van der Waals surface area contributed by atoms with Crippen LogP contribution in [0, 0.1) is 6.92 Å². The van der Waals surface area contributed by atoms with Gasteiger partial charge in [0, 0.05) is 17.3 Å². The number of nitrogens with zero attached hydrogens (tertiary/aromatic N) is 4. The SMILES string of the molecule is CCCOc1ccc(-c2nn(-c3ccccc3)cc2/C=c2/sc3nc4ccccc4n3c2=O)cc1C. The van der Waals surface area contributed by atoms with Gasteiger partial charge in [-0.1, -0.05) is 48.6 Å². The Morgan fingerprint density at radius 1 is 1.03 bits per heavy atom. The molecular formula is C29H24N4O2S. The minimum atomic E-state index is -0.0680. The summed E-state index contributed by atoms with van der Waals surface area (Å²) in [5.74, 6) is 0.877. The number of ether oxygens (including phenoxy) is 1. The van der Waals surface area contributed by atoms with Crippen LogP contribution in [0.3, 0.4) is 0 Å². The molecule has 0 saturated heterocycles. The van der Waals surface area contributed by atoms with E-state index in [0.717, 1.165) is 51.3 Å². The van der Waals surface area contributed by atoms with Gasteiger partial charge in [0.15, 0.2) is 4.96 Å². The summed E-state index contributed by atoms with van der Waals surface area (Å²) in [5, 5.41) is 4.93. The summed E-state index contributed by atoms with van der Waals surface area (Å²) < 4.78 is 10.0. The summed E-state index contributed by atoms with van der Waals surface area (Å²) in [5.41, 5.74) is 6.22. The van der Waals surface area contributed by atoms with Gasteiger partial charge in [-0.3, -0.25) is 4.79 Å². The summed E-state index contributed by atoms with van der Waals surface area (Å²) >= 11 is 1.39. The summed E-state index contributed by atoms with van der Waals surface area (Å²) in [4.78, 5) is 18.7. The number of hydrogen-bond donors (Lipinski definition) is 0. The van der Waals surface area contributed by atoms with Crippen LogP contribution in [0.1, 0.15) is 24.5 Å². The van der Waals surface area contributed by atoms with E-state index in [9.17, 15) is 4.79 Å².